The summed E-state index contributed by atoms with van der Waals surface area (Å²) in [6.07, 6.45) is 1.33. The third-order valence-corrected chi connectivity index (χ3v) is 3.86. The Hall–Kier alpha value is -1.60. The Balaban J connectivity index is 1.83. The van der Waals surface area contributed by atoms with E-state index in [0.717, 1.165) is 16.7 Å². The quantitative estimate of drug-likeness (QED) is 0.788. The molecule has 0 N–H and O–H groups in total. The molecule has 1 aromatic carbocycles. The third-order valence-electron chi connectivity index (χ3n) is 3.86. The summed E-state index contributed by atoms with van der Waals surface area (Å²) in [7, 11) is 3.19. The topological polar surface area (TPSA) is 62.7 Å². The molecule has 124 valence electrons. The fraction of sp³-hybridized carbons (Fsp3) is 0.529. The minimum Gasteiger partial charge on any atom is -0.353 e. The van der Waals surface area contributed by atoms with E-state index in [4.69, 9.17) is 18.9 Å². The first kappa shape index (κ1) is 16.3. The molecule has 0 amide bonds. The molecule has 0 bridgehead atoms. The predicted octanol–water partition coefficient (Wildman–Crippen LogP) is 2.31. The number of rotatable bonds is 5. The van der Waals surface area contributed by atoms with Gasteiger partial charge in [-0.05, 0) is 26.0 Å². The number of hydrogen-bond acceptors (Lipinski definition) is 6. The SMILES string of the molecule is COC(OC)[C@@H]1OC(C)(C)O[C@H]1Cc1cnc2ccccc2n1. The minimum absolute atomic E-state index is 0.217. The molecule has 1 aromatic heterocycles. The van der Waals surface area contributed by atoms with Crippen LogP contribution in [0.2, 0.25) is 0 Å². The van der Waals surface area contributed by atoms with Crippen LogP contribution in [0.1, 0.15) is 19.5 Å². The molecule has 0 saturated carbocycles. The number of fused-ring (bicyclic) bond motifs is 1. The zero-order chi connectivity index (χ0) is 16.4. The fourth-order valence-electron chi connectivity index (χ4n) is 2.92. The highest BCUT2D eigenvalue weighted by Crippen LogP contribution is 2.32. The van der Waals surface area contributed by atoms with Crippen molar-refractivity contribution in [2.24, 2.45) is 0 Å². The molecule has 6 heteroatoms. The Bertz CT molecular complexity index is 672. The highest BCUT2D eigenvalue weighted by Gasteiger charge is 2.45. The van der Waals surface area contributed by atoms with Gasteiger partial charge in [-0.25, -0.2) is 4.98 Å². The van der Waals surface area contributed by atoms with Crippen LogP contribution in [0, 0.1) is 0 Å². The van der Waals surface area contributed by atoms with Gasteiger partial charge < -0.3 is 18.9 Å². The number of ether oxygens (including phenoxy) is 4. The first-order valence-electron chi connectivity index (χ1n) is 7.64. The van der Waals surface area contributed by atoms with Crippen molar-refractivity contribution in [1.82, 2.24) is 9.97 Å². The van der Waals surface area contributed by atoms with Crippen molar-refractivity contribution in [2.75, 3.05) is 14.2 Å². The molecule has 0 unspecified atom stereocenters. The first-order chi connectivity index (χ1) is 11.0. The average Bonchev–Trinajstić information content (AvgIpc) is 2.83. The van der Waals surface area contributed by atoms with Crippen molar-refractivity contribution in [3.63, 3.8) is 0 Å². The van der Waals surface area contributed by atoms with Crippen LogP contribution in [0.15, 0.2) is 30.5 Å². The molecule has 0 radical (unpaired) electrons. The van der Waals surface area contributed by atoms with Crippen molar-refractivity contribution >= 4 is 11.0 Å². The maximum Gasteiger partial charge on any atom is 0.185 e. The van der Waals surface area contributed by atoms with E-state index in [9.17, 15) is 0 Å². The average molecular weight is 318 g/mol. The summed E-state index contributed by atoms with van der Waals surface area (Å²) in [5, 5.41) is 0. The van der Waals surface area contributed by atoms with E-state index in [2.05, 4.69) is 9.97 Å². The molecule has 2 atom stereocenters. The predicted molar refractivity (Wildman–Crippen MR) is 84.9 cm³/mol. The summed E-state index contributed by atoms with van der Waals surface area (Å²) >= 11 is 0. The molecule has 1 aliphatic heterocycles. The Morgan fingerprint density at radius 3 is 2.52 bits per heavy atom. The van der Waals surface area contributed by atoms with Gasteiger partial charge in [0.1, 0.15) is 6.10 Å². The van der Waals surface area contributed by atoms with E-state index < -0.39 is 12.1 Å². The van der Waals surface area contributed by atoms with Crippen LogP contribution in [-0.2, 0) is 25.4 Å². The molecule has 1 saturated heterocycles. The Morgan fingerprint density at radius 1 is 1.13 bits per heavy atom. The first-order valence-corrected chi connectivity index (χ1v) is 7.64. The highest BCUT2D eigenvalue weighted by atomic mass is 16.8. The van der Waals surface area contributed by atoms with Crippen molar-refractivity contribution in [2.45, 2.75) is 44.6 Å². The monoisotopic (exact) mass is 318 g/mol. The zero-order valence-corrected chi connectivity index (χ0v) is 13.9. The zero-order valence-electron chi connectivity index (χ0n) is 13.9. The van der Waals surface area contributed by atoms with Crippen molar-refractivity contribution < 1.29 is 18.9 Å². The van der Waals surface area contributed by atoms with Gasteiger partial charge in [0.2, 0.25) is 0 Å². The van der Waals surface area contributed by atoms with E-state index in [1.165, 1.54) is 0 Å². The summed E-state index contributed by atoms with van der Waals surface area (Å²) in [4.78, 5) is 9.10. The van der Waals surface area contributed by atoms with Crippen LogP contribution in [0.25, 0.3) is 11.0 Å². The number of hydrogen-bond donors (Lipinski definition) is 0. The maximum atomic E-state index is 6.01. The van der Waals surface area contributed by atoms with Gasteiger partial charge >= 0.3 is 0 Å². The molecular weight excluding hydrogens is 296 g/mol. The van der Waals surface area contributed by atoms with Crippen LogP contribution < -0.4 is 0 Å². The number of aromatic nitrogens is 2. The number of methoxy groups -OCH3 is 2. The molecule has 2 aromatic rings. The molecule has 1 aliphatic rings. The normalized spacial score (nSPS) is 23.7. The second-order valence-electron chi connectivity index (χ2n) is 6.03. The lowest BCUT2D eigenvalue weighted by Gasteiger charge is -2.24. The third kappa shape index (κ3) is 3.50. The number of benzene rings is 1. The molecule has 0 aliphatic carbocycles. The largest absolute Gasteiger partial charge is 0.353 e. The van der Waals surface area contributed by atoms with Gasteiger partial charge in [0.25, 0.3) is 0 Å². The lowest BCUT2D eigenvalue weighted by molar-refractivity contribution is -0.201. The number of para-hydroxylation sites is 2. The Morgan fingerprint density at radius 2 is 1.83 bits per heavy atom. The van der Waals surface area contributed by atoms with Crippen LogP contribution in [0.3, 0.4) is 0 Å². The van der Waals surface area contributed by atoms with Crippen LogP contribution >= 0.6 is 0 Å². The smallest absolute Gasteiger partial charge is 0.185 e. The summed E-state index contributed by atoms with van der Waals surface area (Å²) in [5.41, 5.74) is 2.60. The fourth-order valence-corrected chi connectivity index (χ4v) is 2.92. The van der Waals surface area contributed by atoms with Crippen molar-refractivity contribution in [1.29, 1.82) is 0 Å². The lowest BCUT2D eigenvalue weighted by Crippen LogP contribution is -2.39. The molecule has 2 heterocycles. The Labute approximate surface area is 135 Å². The summed E-state index contributed by atoms with van der Waals surface area (Å²) < 4.78 is 22.7. The summed E-state index contributed by atoms with van der Waals surface area (Å²) in [5.74, 6) is -0.686. The van der Waals surface area contributed by atoms with Crippen LogP contribution in [0.5, 0.6) is 0 Å². The summed E-state index contributed by atoms with van der Waals surface area (Å²) in [6, 6.07) is 7.80. The van der Waals surface area contributed by atoms with Crippen LogP contribution in [0.4, 0.5) is 0 Å². The van der Waals surface area contributed by atoms with Gasteiger partial charge in [-0.3, -0.25) is 4.98 Å². The second kappa shape index (κ2) is 6.49. The maximum absolute atomic E-state index is 6.01. The van der Waals surface area contributed by atoms with E-state index >= 15 is 0 Å². The van der Waals surface area contributed by atoms with E-state index in [-0.39, 0.29) is 12.2 Å². The molecule has 1 fully saturated rings. The van der Waals surface area contributed by atoms with Gasteiger partial charge in [0.05, 0.1) is 22.8 Å². The minimum atomic E-state index is -0.686. The van der Waals surface area contributed by atoms with Gasteiger partial charge in [0.15, 0.2) is 12.1 Å². The van der Waals surface area contributed by atoms with E-state index in [1.807, 2.05) is 38.1 Å². The summed E-state index contributed by atoms with van der Waals surface area (Å²) in [6.45, 7) is 3.77. The highest BCUT2D eigenvalue weighted by molar-refractivity contribution is 5.73. The Kier molecular flexibility index (Phi) is 4.59. The number of nitrogens with zero attached hydrogens (tertiary/aromatic N) is 2. The lowest BCUT2D eigenvalue weighted by atomic mass is 10.1. The van der Waals surface area contributed by atoms with E-state index in [1.54, 1.807) is 20.4 Å². The molecule has 0 spiro atoms. The molecule has 3 rings (SSSR count). The standard InChI is InChI=1S/C17H22N2O4/c1-17(2)22-14(15(23-17)16(20-3)21-4)9-11-10-18-12-7-5-6-8-13(12)19-11/h5-8,10,14-16H,9H2,1-4H3/t14-,15+/m0/s1. The molecular formula is C17H22N2O4. The van der Waals surface area contributed by atoms with Gasteiger partial charge in [0, 0.05) is 26.8 Å². The molecule has 23 heavy (non-hydrogen) atoms. The van der Waals surface area contributed by atoms with Crippen molar-refractivity contribution in [3.05, 3.63) is 36.2 Å². The second-order valence-corrected chi connectivity index (χ2v) is 6.03. The van der Waals surface area contributed by atoms with Gasteiger partial charge in [-0.1, -0.05) is 12.1 Å². The molecule has 6 nitrogen and oxygen atoms in total. The van der Waals surface area contributed by atoms with Crippen LogP contribution in [-0.4, -0.2) is 48.5 Å². The van der Waals surface area contributed by atoms with E-state index in [0.29, 0.717) is 6.42 Å². The van der Waals surface area contributed by atoms with Crippen molar-refractivity contribution in [3.8, 4) is 0 Å². The van der Waals surface area contributed by atoms with Gasteiger partial charge in [-0.15, -0.1) is 0 Å². The van der Waals surface area contributed by atoms with Gasteiger partial charge in [-0.2, -0.15) is 0 Å².